The van der Waals surface area contributed by atoms with Crippen molar-refractivity contribution in [2.24, 2.45) is 4.99 Å². The molecule has 0 fully saturated rings. The molecule has 5 rings (SSSR count). The lowest BCUT2D eigenvalue weighted by molar-refractivity contribution is 0.956. The minimum atomic E-state index is 0.664. The summed E-state index contributed by atoms with van der Waals surface area (Å²) >= 11 is 1.69. The first-order valence-corrected chi connectivity index (χ1v) is 8.91. The second kappa shape index (κ2) is 5.78. The van der Waals surface area contributed by atoms with Crippen molar-refractivity contribution in [3.63, 3.8) is 0 Å². The number of nitrogens with one attached hydrogen (secondary N) is 1. The van der Waals surface area contributed by atoms with Gasteiger partial charge in [-0.05, 0) is 35.7 Å². The van der Waals surface area contributed by atoms with Crippen LogP contribution in [0.5, 0.6) is 0 Å². The van der Waals surface area contributed by atoms with Gasteiger partial charge in [-0.2, -0.15) is 0 Å². The van der Waals surface area contributed by atoms with Gasteiger partial charge in [0.2, 0.25) is 0 Å². The van der Waals surface area contributed by atoms with Crippen LogP contribution in [0, 0.1) is 0 Å². The van der Waals surface area contributed by atoms with Gasteiger partial charge in [0, 0.05) is 24.5 Å². The average Bonchev–Trinajstić information content (AvgIpc) is 3.42. The molecule has 7 heteroatoms. The van der Waals surface area contributed by atoms with Gasteiger partial charge in [0.05, 0.1) is 22.7 Å². The highest BCUT2D eigenvalue weighted by Crippen LogP contribution is 2.28. The summed E-state index contributed by atoms with van der Waals surface area (Å²) in [7, 11) is 0. The molecule has 4 aromatic heterocycles. The summed E-state index contributed by atoms with van der Waals surface area (Å²) < 4.78 is 1.91. The Hall–Kier alpha value is -3.06. The topological polar surface area (TPSA) is 67.5 Å². The van der Waals surface area contributed by atoms with Crippen molar-refractivity contribution < 1.29 is 0 Å². The summed E-state index contributed by atoms with van der Waals surface area (Å²) in [4.78, 5) is 14.7. The van der Waals surface area contributed by atoms with Gasteiger partial charge in [-0.3, -0.25) is 9.98 Å². The molecule has 0 aromatic carbocycles. The van der Waals surface area contributed by atoms with Crippen LogP contribution in [0.1, 0.15) is 5.56 Å². The predicted octanol–water partition coefficient (Wildman–Crippen LogP) is 2.87. The molecule has 4 aromatic rings. The molecule has 25 heavy (non-hydrogen) atoms. The van der Waals surface area contributed by atoms with E-state index in [4.69, 9.17) is 10.1 Å². The van der Waals surface area contributed by atoms with Crippen LogP contribution in [-0.4, -0.2) is 38.5 Å². The zero-order valence-corrected chi connectivity index (χ0v) is 14.1. The molecule has 6 nitrogen and oxygen atoms in total. The van der Waals surface area contributed by atoms with E-state index in [0.717, 1.165) is 46.3 Å². The van der Waals surface area contributed by atoms with Gasteiger partial charge >= 0.3 is 0 Å². The molecule has 0 saturated carbocycles. The number of pyridine rings is 2. The van der Waals surface area contributed by atoms with E-state index in [2.05, 4.69) is 38.9 Å². The van der Waals surface area contributed by atoms with Gasteiger partial charge in [-0.15, -0.1) is 16.4 Å². The molecule has 122 valence electrons. The lowest BCUT2D eigenvalue weighted by atomic mass is 10.2. The highest BCUT2D eigenvalue weighted by atomic mass is 32.1. The summed E-state index contributed by atoms with van der Waals surface area (Å²) in [5.74, 6) is 1.55. The third-order valence-electron chi connectivity index (χ3n) is 4.11. The molecule has 1 aliphatic rings. The maximum Gasteiger partial charge on any atom is 0.183 e. The fraction of sp³-hybridized carbons (Fsp3) is 0.111. The summed E-state index contributed by atoms with van der Waals surface area (Å²) in [6.45, 7) is 1.65. The maximum atomic E-state index is 4.79. The molecule has 0 unspecified atom stereocenters. The van der Waals surface area contributed by atoms with Crippen molar-refractivity contribution in [2.75, 3.05) is 13.1 Å². The predicted molar refractivity (Wildman–Crippen MR) is 98.9 cm³/mol. The SMILES string of the molecule is c1cncc(-c2nc3c(C4=NCCN4)ccc(-c4cccs4)n3n2)c1. The van der Waals surface area contributed by atoms with Gasteiger partial charge in [-0.25, -0.2) is 9.50 Å². The van der Waals surface area contributed by atoms with Gasteiger partial charge < -0.3 is 5.32 Å². The standard InChI is InChI=1S/C18H14N6S/c1-3-12(11-19-7-1)16-22-18-13(17-20-8-9-21-17)5-6-14(24(18)23-16)15-4-2-10-25-15/h1-7,10-11H,8-9H2,(H,20,21). The van der Waals surface area contributed by atoms with Gasteiger partial charge in [0.15, 0.2) is 11.5 Å². The van der Waals surface area contributed by atoms with E-state index in [1.165, 1.54) is 0 Å². The minimum absolute atomic E-state index is 0.664. The molecule has 1 N–H and O–H groups in total. The van der Waals surface area contributed by atoms with E-state index in [1.807, 2.05) is 22.7 Å². The van der Waals surface area contributed by atoms with Crippen LogP contribution in [0.4, 0.5) is 0 Å². The van der Waals surface area contributed by atoms with E-state index in [1.54, 1.807) is 23.7 Å². The van der Waals surface area contributed by atoms with Crippen molar-refractivity contribution in [1.82, 2.24) is 24.9 Å². The molecule has 0 bridgehead atoms. The fourth-order valence-corrected chi connectivity index (χ4v) is 3.69. The molecular formula is C18H14N6S. The number of nitrogens with zero attached hydrogens (tertiary/aromatic N) is 5. The Morgan fingerprint density at radius 3 is 2.88 bits per heavy atom. The summed E-state index contributed by atoms with van der Waals surface area (Å²) in [5.41, 5.74) is 3.70. The first kappa shape index (κ1) is 14.3. The second-order valence-corrected chi connectivity index (χ2v) is 6.63. The zero-order valence-electron chi connectivity index (χ0n) is 13.3. The second-order valence-electron chi connectivity index (χ2n) is 5.68. The van der Waals surface area contributed by atoms with E-state index in [9.17, 15) is 0 Å². The lowest BCUT2D eigenvalue weighted by Crippen LogP contribution is -2.20. The molecule has 0 amide bonds. The van der Waals surface area contributed by atoms with Crippen LogP contribution in [0.2, 0.25) is 0 Å². The largest absolute Gasteiger partial charge is 0.368 e. The Kier molecular flexibility index (Phi) is 3.31. The lowest BCUT2D eigenvalue weighted by Gasteiger charge is -2.07. The van der Waals surface area contributed by atoms with Crippen molar-refractivity contribution in [1.29, 1.82) is 0 Å². The third-order valence-corrected chi connectivity index (χ3v) is 5.00. The molecular weight excluding hydrogens is 332 g/mol. The van der Waals surface area contributed by atoms with Crippen LogP contribution in [-0.2, 0) is 0 Å². The van der Waals surface area contributed by atoms with E-state index in [0.29, 0.717) is 5.82 Å². The quantitative estimate of drug-likeness (QED) is 0.619. The molecule has 0 aliphatic carbocycles. The van der Waals surface area contributed by atoms with Gasteiger partial charge in [0.1, 0.15) is 5.84 Å². The number of rotatable bonds is 3. The summed E-state index contributed by atoms with van der Waals surface area (Å²) in [6, 6.07) is 12.2. The number of amidine groups is 1. The van der Waals surface area contributed by atoms with E-state index < -0.39 is 0 Å². The first-order valence-electron chi connectivity index (χ1n) is 8.03. The number of thiophene rings is 1. The van der Waals surface area contributed by atoms with Crippen LogP contribution in [0.3, 0.4) is 0 Å². The Morgan fingerprint density at radius 2 is 2.12 bits per heavy atom. The number of aliphatic imine (C=N–C) groups is 1. The summed E-state index contributed by atoms with van der Waals surface area (Å²) in [5, 5.41) is 10.2. The zero-order chi connectivity index (χ0) is 16.6. The van der Waals surface area contributed by atoms with Crippen LogP contribution in [0.15, 0.2) is 59.2 Å². The smallest absolute Gasteiger partial charge is 0.183 e. The first-order chi connectivity index (χ1) is 12.4. The van der Waals surface area contributed by atoms with Gasteiger partial charge in [0.25, 0.3) is 0 Å². The van der Waals surface area contributed by atoms with Gasteiger partial charge in [-0.1, -0.05) is 6.07 Å². The van der Waals surface area contributed by atoms with Crippen molar-refractivity contribution >= 4 is 22.8 Å². The third kappa shape index (κ3) is 2.40. The number of hydrogen-bond donors (Lipinski definition) is 1. The molecule has 0 atom stereocenters. The molecule has 0 spiro atoms. The Labute approximate surface area is 147 Å². The molecule has 0 saturated heterocycles. The highest BCUT2D eigenvalue weighted by Gasteiger charge is 2.19. The van der Waals surface area contributed by atoms with Crippen molar-refractivity contribution in [3.05, 3.63) is 59.7 Å². The monoisotopic (exact) mass is 346 g/mol. The van der Waals surface area contributed by atoms with Crippen LogP contribution in [0.25, 0.3) is 27.6 Å². The Morgan fingerprint density at radius 1 is 1.12 bits per heavy atom. The molecule has 5 heterocycles. The number of hydrogen-bond acceptors (Lipinski definition) is 6. The maximum absolute atomic E-state index is 4.79. The Balaban J connectivity index is 1.77. The van der Waals surface area contributed by atoms with Crippen LogP contribution >= 0.6 is 11.3 Å². The van der Waals surface area contributed by atoms with Crippen molar-refractivity contribution in [2.45, 2.75) is 0 Å². The summed E-state index contributed by atoms with van der Waals surface area (Å²) in [6.07, 6.45) is 3.53. The van der Waals surface area contributed by atoms with Crippen molar-refractivity contribution in [3.8, 4) is 22.0 Å². The number of fused-ring (bicyclic) bond motifs is 1. The minimum Gasteiger partial charge on any atom is -0.368 e. The molecule has 0 radical (unpaired) electrons. The Bertz CT molecular complexity index is 1070. The van der Waals surface area contributed by atoms with Crippen LogP contribution < -0.4 is 5.32 Å². The highest BCUT2D eigenvalue weighted by molar-refractivity contribution is 7.13. The molecule has 1 aliphatic heterocycles. The fourth-order valence-electron chi connectivity index (χ4n) is 2.95. The average molecular weight is 346 g/mol. The number of aromatic nitrogens is 4. The normalized spacial score (nSPS) is 13.8. The van der Waals surface area contributed by atoms with E-state index in [-0.39, 0.29) is 0 Å². The van der Waals surface area contributed by atoms with E-state index >= 15 is 0 Å².